The van der Waals surface area contributed by atoms with E-state index in [1.807, 2.05) is 38.1 Å². The van der Waals surface area contributed by atoms with E-state index in [0.717, 1.165) is 43.9 Å². The number of hydrogen-bond donors (Lipinski definition) is 1. The smallest absolute Gasteiger partial charge is 0.261 e. The zero-order valence-corrected chi connectivity index (χ0v) is 20.3. The van der Waals surface area contributed by atoms with Crippen LogP contribution < -0.4 is 14.8 Å². The summed E-state index contributed by atoms with van der Waals surface area (Å²) in [6.45, 7) is 7.32. The van der Waals surface area contributed by atoms with Gasteiger partial charge in [-0.2, -0.15) is 5.26 Å². The van der Waals surface area contributed by atoms with Gasteiger partial charge in [-0.25, -0.2) is 0 Å². The molecule has 1 heterocycles. The molecule has 1 atom stereocenters. The van der Waals surface area contributed by atoms with E-state index in [0.29, 0.717) is 30.5 Å². The number of rotatable bonds is 11. The maximum atomic E-state index is 12.9. The first-order valence-electron chi connectivity index (χ1n) is 11.9. The number of nitriles is 1. The summed E-state index contributed by atoms with van der Waals surface area (Å²) < 4.78 is 17.3. The van der Waals surface area contributed by atoms with Gasteiger partial charge in [0.15, 0.2) is 6.10 Å². The summed E-state index contributed by atoms with van der Waals surface area (Å²) in [6, 6.07) is 17.4. The first kappa shape index (κ1) is 25.5. The SMILES string of the molecule is CC(C)C(Oc1ccccc1C#N)C(=O)NCc1cccc(OCCN(C)C2CCOCC2)c1. The molecule has 0 spiro atoms. The van der Waals surface area contributed by atoms with Gasteiger partial charge in [0, 0.05) is 32.3 Å². The normalized spacial score (nSPS) is 15.1. The monoisotopic (exact) mass is 465 g/mol. The van der Waals surface area contributed by atoms with Crippen LogP contribution in [0.5, 0.6) is 11.5 Å². The molecule has 3 rings (SSSR count). The molecule has 7 nitrogen and oxygen atoms in total. The lowest BCUT2D eigenvalue weighted by molar-refractivity contribution is -0.130. The molecular weight excluding hydrogens is 430 g/mol. The summed E-state index contributed by atoms with van der Waals surface area (Å²) in [6.07, 6.45) is 1.43. The second-order valence-corrected chi connectivity index (χ2v) is 8.93. The molecule has 0 aliphatic carbocycles. The molecule has 182 valence electrons. The lowest BCUT2D eigenvalue weighted by atomic mass is 10.1. The number of amides is 1. The Morgan fingerprint density at radius 2 is 1.97 bits per heavy atom. The molecular formula is C27H35N3O4. The van der Waals surface area contributed by atoms with Crippen molar-refractivity contribution in [3.05, 3.63) is 59.7 Å². The van der Waals surface area contributed by atoms with Crippen LogP contribution in [0.2, 0.25) is 0 Å². The van der Waals surface area contributed by atoms with Crippen molar-refractivity contribution in [1.82, 2.24) is 10.2 Å². The highest BCUT2D eigenvalue weighted by Crippen LogP contribution is 2.21. The first-order valence-corrected chi connectivity index (χ1v) is 11.9. The molecule has 1 aliphatic rings. The number of benzene rings is 2. The largest absolute Gasteiger partial charge is 0.492 e. The van der Waals surface area contributed by atoms with E-state index in [1.165, 1.54) is 0 Å². The summed E-state index contributed by atoms with van der Waals surface area (Å²) in [5.41, 5.74) is 1.36. The lowest BCUT2D eigenvalue weighted by Crippen LogP contribution is -2.41. The van der Waals surface area contributed by atoms with Gasteiger partial charge in [0.2, 0.25) is 0 Å². The van der Waals surface area contributed by atoms with Crippen molar-refractivity contribution in [1.29, 1.82) is 5.26 Å². The van der Waals surface area contributed by atoms with Gasteiger partial charge in [-0.15, -0.1) is 0 Å². The maximum absolute atomic E-state index is 12.9. The van der Waals surface area contributed by atoms with Crippen LogP contribution in [0.25, 0.3) is 0 Å². The summed E-state index contributed by atoms with van der Waals surface area (Å²) in [5, 5.41) is 12.3. The number of likely N-dealkylation sites (N-methyl/N-ethyl adjacent to an activating group) is 1. The summed E-state index contributed by atoms with van der Waals surface area (Å²) >= 11 is 0. The van der Waals surface area contributed by atoms with Crippen molar-refractivity contribution < 1.29 is 19.0 Å². The lowest BCUT2D eigenvalue weighted by Gasteiger charge is -2.31. The van der Waals surface area contributed by atoms with Crippen LogP contribution in [0.3, 0.4) is 0 Å². The Kier molecular flexibility index (Phi) is 9.75. The highest BCUT2D eigenvalue weighted by molar-refractivity contribution is 5.81. The molecule has 2 aromatic carbocycles. The minimum atomic E-state index is -0.699. The maximum Gasteiger partial charge on any atom is 0.261 e. The van der Waals surface area contributed by atoms with Crippen LogP contribution in [0.15, 0.2) is 48.5 Å². The van der Waals surface area contributed by atoms with Crippen molar-refractivity contribution in [2.45, 2.75) is 45.4 Å². The average molecular weight is 466 g/mol. The molecule has 0 bridgehead atoms. The Balaban J connectivity index is 1.50. The molecule has 1 fully saturated rings. The molecule has 0 aromatic heterocycles. The van der Waals surface area contributed by atoms with Crippen LogP contribution >= 0.6 is 0 Å². The Hall–Kier alpha value is -3.08. The van der Waals surface area contributed by atoms with Crippen molar-refractivity contribution in [2.24, 2.45) is 5.92 Å². The van der Waals surface area contributed by atoms with Crippen LogP contribution in [0.1, 0.15) is 37.8 Å². The number of ether oxygens (including phenoxy) is 3. The Morgan fingerprint density at radius 3 is 2.71 bits per heavy atom. The minimum absolute atomic E-state index is 0.0610. The van der Waals surface area contributed by atoms with Gasteiger partial charge in [0.1, 0.15) is 24.2 Å². The molecule has 1 unspecified atom stereocenters. The Morgan fingerprint density at radius 1 is 1.21 bits per heavy atom. The molecule has 0 saturated carbocycles. The number of nitrogens with one attached hydrogen (secondary N) is 1. The second-order valence-electron chi connectivity index (χ2n) is 8.93. The van der Waals surface area contributed by atoms with Gasteiger partial charge in [0.25, 0.3) is 5.91 Å². The van der Waals surface area contributed by atoms with Crippen LogP contribution in [-0.4, -0.2) is 56.4 Å². The van der Waals surface area contributed by atoms with E-state index in [4.69, 9.17) is 14.2 Å². The van der Waals surface area contributed by atoms with Gasteiger partial charge in [-0.05, 0) is 55.6 Å². The third kappa shape index (κ3) is 7.47. The number of carbonyl (C=O) groups excluding carboxylic acids is 1. The van der Waals surface area contributed by atoms with Crippen LogP contribution in [0, 0.1) is 17.2 Å². The van der Waals surface area contributed by atoms with Gasteiger partial charge < -0.3 is 19.5 Å². The molecule has 1 amide bonds. The average Bonchev–Trinajstić information content (AvgIpc) is 2.86. The standard InChI is InChI=1S/C27H35N3O4/c1-20(2)26(34-25-10-5-4-8-22(25)18-28)27(31)29-19-21-7-6-9-24(17-21)33-16-13-30(3)23-11-14-32-15-12-23/h4-10,17,20,23,26H,11-16,19H2,1-3H3,(H,29,31). The third-order valence-corrected chi connectivity index (χ3v) is 6.02. The number of nitrogens with zero attached hydrogens (tertiary/aromatic N) is 2. The fourth-order valence-corrected chi connectivity index (χ4v) is 3.94. The predicted molar refractivity (Wildman–Crippen MR) is 131 cm³/mol. The molecule has 1 saturated heterocycles. The van der Waals surface area contributed by atoms with Crippen molar-refractivity contribution in [2.75, 3.05) is 33.4 Å². The van der Waals surface area contributed by atoms with Gasteiger partial charge in [-0.1, -0.05) is 38.1 Å². The molecule has 1 N–H and O–H groups in total. The highest BCUT2D eigenvalue weighted by atomic mass is 16.5. The Bertz CT molecular complexity index is 966. The molecule has 1 aliphatic heterocycles. The van der Waals surface area contributed by atoms with Crippen LogP contribution in [0.4, 0.5) is 0 Å². The van der Waals surface area contributed by atoms with Gasteiger partial charge in [-0.3, -0.25) is 9.69 Å². The summed E-state index contributed by atoms with van der Waals surface area (Å²) in [4.78, 5) is 15.2. The van der Waals surface area contributed by atoms with Crippen molar-refractivity contribution >= 4 is 5.91 Å². The van der Waals surface area contributed by atoms with Gasteiger partial charge in [0.05, 0.1) is 5.56 Å². The molecule has 7 heteroatoms. The molecule has 2 aromatic rings. The summed E-state index contributed by atoms with van der Waals surface area (Å²) in [7, 11) is 2.13. The fraction of sp³-hybridized carbons (Fsp3) is 0.481. The van der Waals surface area contributed by atoms with E-state index in [1.54, 1.807) is 24.3 Å². The zero-order valence-electron chi connectivity index (χ0n) is 20.3. The molecule has 0 radical (unpaired) electrons. The van der Waals surface area contributed by atoms with E-state index in [2.05, 4.69) is 23.3 Å². The number of hydrogen-bond acceptors (Lipinski definition) is 6. The zero-order chi connectivity index (χ0) is 24.3. The van der Waals surface area contributed by atoms with Crippen molar-refractivity contribution in [3.8, 4) is 17.6 Å². The van der Waals surface area contributed by atoms with E-state index >= 15 is 0 Å². The van der Waals surface area contributed by atoms with Gasteiger partial charge >= 0.3 is 0 Å². The minimum Gasteiger partial charge on any atom is -0.492 e. The summed E-state index contributed by atoms with van der Waals surface area (Å²) in [5.74, 6) is 0.924. The molecule has 34 heavy (non-hydrogen) atoms. The van der Waals surface area contributed by atoms with Crippen LogP contribution in [-0.2, 0) is 16.1 Å². The quantitative estimate of drug-likeness (QED) is 0.544. The van der Waals surface area contributed by atoms with Crippen molar-refractivity contribution in [3.63, 3.8) is 0 Å². The van der Waals surface area contributed by atoms with E-state index < -0.39 is 6.10 Å². The second kappa shape index (κ2) is 13.0. The highest BCUT2D eigenvalue weighted by Gasteiger charge is 2.25. The number of para-hydroxylation sites is 1. The fourth-order valence-electron chi connectivity index (χ4n) is 3.94. The first-order chi connectivity index (χ1) is 16.5. The Labute approximate surface area is 202 Å². The van der Waals surface area contributed by atoms with E-state index in [9.17, 15) is 10.1 Å². The number of carbonyl (C=O) groups is 1. The third-order valence-electron chi connectivity index (χ3n) is 6.02. The van der Waals surface area contributed by atoms with E-state index in [-0.39, 0.29) is 11.8 Å². The topological polar surface area (TPSA) is 83.8 Å². The predicted octanol–water partition coefficient (Wildman–Crippen LogP) is 3.77.